The summed E-state index contributed by atoms with van der Waals surface area (Å²) in [6, 6.07) is 24.0. The molecule has 0 bridgehead atoms. The maximum Gasteiger partial charge on any atom is 0.309 e. The number of ether oxygens (including phenoxy) is 1. The second kappa shape index (κ2) is 11.1. The van der Waals surface area contributed by atoms with Crippen LogP contribution >= 0.6 is 0 Å². The number of carbonyl (C=O) groups is 3. The van der Waals surface area contributed by atoms with Gasteiger partial charge in [0, 0.05) is 29.9 Å². The summed E-state index contributed by atoms with van der Waals surface area (Å²) in [6.07, 6.45) is 0.963. The molecule has 4 rings (SSSR count). The van der Waals surface area contributed by atoms with E-state index >= 15 is 0 Å². The zero-order valence-electron chi connectivity index (χ0n) is 22.3. The summed E-state index contributed by atoms with van der Waals surface area (Å²) >= 11 is 0. The number of amides is 2. The molecule has 7 heteroatoms. The third kappa shape index (κ3) is 5.57. The number of rotatable bonds is 8. The number of para-hydroxylation sites is 2. The number of carboxylic acid groups (broad SMARTS) is 1. The Morgan fingerprint density at radius 3 is 2.24 bits per heavy atom. The molecule has 0 aliphatic carbocycles. The molecule has 7 nitrogen and oxygen atoms in total. The standard InChI is InChI=1S/C31H34N2O5/c1-21-20-28(33(22(2)34)24-10-6-5-7-11-24)26-12-8-9-13-27(26)32(21)29(35)23-14-16-25(17-15-23)38-19-18-31(3,4)30(36)37/h5-17,21,28H,18-20H2,1-4H3,(H,36,37). The van der Waals surface area contributed by atoms with Gasteiger partial charge in [0.15, 0.2) is 0 Å². The van der Waals surface area contributed by atoms with Crippen molar-refractivity contribution < 1.29 is 24.2 Å². The SMILES string of the molecule is CC(=O)N(c1ccccc1)C1CC(C)N(C(=O)c2ccc(OCCC(C)(C)C(=O)O)cc2)c2ccccc21. The van der Waals surface area contributed by atoms with Crippen LogP contribution < -0.4 is 14.5 Å². The molecule has 2 amide bonds. The number of hydrogen-bond donors (Lipinski definition) is 1. The van der Waals surface area contributed by atoms with Gasteiger partial charge in [-0.25, -0.2) is 0 Å². The van der Waals surface area contributed by atoms with Gasteiger partial charge in [0.1, 0.15) is 5.75 Å². The van der Waals surface area contributed by atoms with E-state index in [0.29, 0.717) is 24.2 Å². The van der Waals surface area contributed by atoms with Gasteiger partial charge < -0.3 is 19.6 Å². The maximum atomic E-state index is 13.7. The first-order valence-electron chi connectivity index (χ1n) is 12.8. The molecule has 3 aromatic rings. The van der Waals surface area contributed by atoms with Gasteiger partial charge in [-0.3, -0.25) is 14.4 Å². The summed E-state index contributed by atoms with van der Waals surface area (Å²) in [5.41, 5.74) is 2.20. The number of benzene rings is 3. The van der Waals surface area contributed by atoms with Crippen molar-refractivity contribution in [2.45, 2.75) is 52.6 Å². The summed E-state index contributed by atoms with van der Waals surface area (Å²) in [7, 11) is 0. The average Bonchev–Trinajstić information content (AvgIpc) is 2.89. The lowest BCUT2D eigenvalue weighted by atomic mass is 9.89. The van der Waals surface area contributed by atoms with Crippen LogP contribution in [0.3, 0.4) is 0 Å². The minimum Gasteiger partial charge on any atom is -0.494 e. The van der Waals surface area contributed by atoms with E-state index in [9.17, 15) is 19.5 Å². The molecule has 0 radical (unpaired) electrons. The van der Waals surface area contributed by atoms with Gasteiger partial charge in [-0.2, -0.15) is 0 Å². The Labute approximate surface area is 223 Å². The molecule has 1 aliphatic rings. The van der Waals surface area contributed by atoms with Crippen molar-refractivity contribution >= 4 is 29.2 Å². The molecule has 0 saturated carbocycles. The number of nitrogens with zero attached hydrogens (tertiary/aromatic N) is 2. The molecule has 0 aromatic heterocycles. The smallest absolute Gasteiger partial charge is 0.309 e. The Balaban J connectivity index is 1.56. The number of aliphatic carboxylic acids is 1. The number of carboxylic acids is 1. The fourth-order valence-electron chi connectivity index (χ4n) is 4.87. The molecule has 1 heterocycles. The van der Waals surface area contributed by atoms with Gasteiger partial charge >= 0.3 is 5.97 Å². The molecule has 0 saturated heterocycles. The Kier molecular flexibility index (Phi) is 7.86. The minimum absolute atomic E-state index is 0.0506. The highest BCUT2D eigenvalue weighted by atomic mass is 16.5. The summed E-state index contributed by atoms with van der Waals surface area (Å²) in [5.74, 6) is -0.466. The topological polar surface area (TPSA) is 87.2 Å². The van der Waals surface area contributed by atoms with Gasteiger partial charge in [-0.1, -0.05) is 36.4 Å². The van der Waals surface area contributed by atoms with Crippen molar-refractivity contribution in [2.75, 3.05) is 16.4 Å². The molecule has 38 heavy (non-hydrogen) atoms. The van der Waals surface area contributed by atoms with Crippen LogP contribution in [0.2, 0.25) is 0 Å². The summed E-state index contributed by atoms with van der Waals surface area (Å²) in [6.45, 7) is 7.17. The second-order valence-electron chi connectivity index (χ2n) is 10.4. The predicted molar refractivity (Wildman–Crippen MR) is 148 cm³/mol. The molecule has 0 fully saturated rings. The molecule has 0 spiro atoms. The molecular weight excluding hydrogens is 480 g/mol. The van der Waals surface area contributed by atoms with Gasteiger partial charge in [-0.05, 0) is 81.6 Å². The van der Waals surface area contributed by atoms with Crippen LogP contribution in [-0.4, -0.2) is 35.5 Å². The minimum atomic E-state index is -0.871. The highest BCUT2D eigenvalue weighted by molar-refractivity contribution is 6.07. The van der Waals surface area contributed by atoms with E-state index < -0.39 is 11.4 Å². The summed E-state index contributed by atoms with van der Waals surface area (Å²) in [4.78, 5) is 41.4. The zero-order chi connectivity index (χ0) is 27.4. The second-order valence-corrected chi connectivity index (χ2v) is 10.4. The van der Waals surface area contributed by atoms with Crippen LogP contribution in [0.1, 0.15) is 62.5 Å². The van der Waals surface area contributed by atoms with Crippen molar-refractivity contribution in [2.24, 2.45) is 5.41 Å². The lowest BCUT2D eigenvalue weighted by Gasteiger charge is -2.43. The van der Waals surface area contributed by atoms with E-state index in [-0.39, 0.29) is 30.5 Å². The maximum absolute atomic E-state index is 13.7. The monoisotopic (exact) mass is 514 g/mol. The molecule has 1 N–H and O–H groups in total. The van der Waals surface area contributed by atoms with Crippen LogP contribution in [0.25, 0.3) is 0 Å². The Bertz CT molecular complexity index is 1300. The Morgan fingerprint density at radius 1 is 0.974 bits per heavy atom. The van der Waals surface area contributed by atoms with Crippen molar-refractivity contribution in [3.8, 4) is 5.75 Å². The highest BCUT2D eigenvalue weighted by Crippen LogP contribution is 2.42. The fourth-order valence-corrected chi connectivity index (χ4v) is 4.87. The van der Waals surface area contributed by atoms with E-state index in [1.807, 2.05) is 66.4 Å². The van der Waals surface area contributed by atoms with Crippen LogP contribution in [-0.2, 0) is 9.59 Å². The molecule has 1 aliphatic heterocycles. The van der Waals surface area contributed by atoms with E-state index in [0.717, 1.165) is 16.9 Å². The highest BCUT2D eigenvalue weighted by Gasteiger charge is 2.38. The van der Waals surface area contributed by atoms with Gasteiger partial charge in [0.2, 0.25) is 5.91 Å². The lowest BCUT2D eigenvalue weighted by molar-refractivity contribution is -0.147. The summed E-state index contributed by atoms with van der Waals surface area (Å²) < 4.78 is 5.73. The van der Waals surface area contributed by atoms with Crippen LogP contribution in [0.15, 0.2) is 78.9 Å². The van der Waals surface area contributed by atoms with Gasteiger partial charge in [0.25, 0.3) is 5.91 Å². The first-order chi connectivity index (χ1) is 18.1. The van der Waals surface area contributed by atoms with Crippen molar-refractivity contribution in [1.29, 1.82) is 0 Å². The van der Waals surface area contributed by atoms with Crippen LogP contribution in [0.5, 0.6) is 5.75 Å². The number of hydrogen-bond acceptors (Lipinski definition) is 4. The van der Waals surface area contributed by atoms with Crippen molar-refractivity contribution in [1.82, 2.24) is 0 Å². The van der Waals surface area contributed by atoms with Crippen LogP contribution in [0, 0.1) is 5.41 Å². The van der Waals surface area contributed by atoms with E-state index in [1.54, 1.807) is 49.9 Å². The van der Waals surface area contributed by atoms with Crippen molar-refractivity contribution in [3.63, 3.8) is 0 Å². The van der Waals surface area contributed by atoms with Gasteiger partial charge in [0.05, 0.1) is 18.1 Å². The fraction of sp³-hybridized carbons (Fsp3) is 0.323. The predicted octanol–water partition coefficient (Wildman–Crippen LogP) is 6.10. The first-order valence-corrected chi connectivity index (χ1v) is 12.8. The number of fused-ring (bicyclic) bond motifs is 1. The number of anilines is 2. The van der Waals surface area contributed by atoms with E-state index in [4.69, 9.17) is 4.74 Å². The first kappa shape index (κ1) is 26.9. The molecule has 2 unspecified atom stereocenters. The Morgan fingerprint density at radius 2 is 1.61 bits per heavy atom. The van der Waals surface area contributed by atoms with E-state index in [2.05, 4.69) is 0 Å². The van der Waals surface area contributed by atoms with Crippen LogP contribution in [0.4, 0.5) is 11.4 Å². The van der Waals surface area contributed by atoms with E-state index in [1.165, 1.54) is 0 Å². The normalized spacial score (nSPS) is 16.9. The lowest BCUT2D eigenvalue weighted by Crippen LogP contribution is -2.47. The third-order valence-corrected chi connectivity index (χ3v) is 7.14. The Hall–Kier alpha value is -4.13. The molecular formula is C31H34N2O5. The zero-order valence-corrected chi connectivity index (χ0v) is 22.3. The number of carbonyl (C=O) groups excluding carboxylic acids is 2. The summed E-state index contributed by atoms with van der Waals surface area (Å²) in [5, 5.41) is 9.27. The third-order valence-electron chi connectivity index (χ3n) is 7.14. The average molecular weight is 515 g/mol. The molecule has 3 aromatic carbocycles. The molecule has 2 atom stereocenters. The molecule has 198 valence electrons. The van der Waals surface area contributed by atoms with Gasteiger partial charge in [-0.15, -0.1) is 0 Å². The quantitative estimate of drug-likeness (QED) is 0.393. The van der Waals surface area contributed by atoms with Crippen molar-refractivity contribution in [3.05, 3.63) is 90.0 Å². The largest absolute Gasteiger partial charge is 0.494 e.